The average Bonchev–Trinajstić information content (AvgIpc) is 2.60. The van der Waals surface area contributed by atoms with Crippen LogP contribution in [-0.4, -0.2) is 11.0 Å². The summed E-state index contributed by atoms with van der Waals surface area (Å²) in [6.45, 7) is 0. The molecule has 0 aliphatic carbocycles. The van der Waals surface area contributed by atoms with E-state index >= 15 is 0 Å². The quantitative estimate of drug-likeness (QED) is 0.742. The average molecular weight is 317 g/mol. The van der Waals surface area contributed by atoms with E-state index in [9.17, 15) is 9.90 Å². The van der Waals surface area contributed by atoms with Gasteiger partial charge in [0.2, 0.25) is 5.91 Å². The monoisotopic (exact) mass is 317 g/mol. The minimum absolute atomic E-state index is 0.142. The van der Waals surface area contributed by atoms with Crippen molar-refractivity contribution in [1.82, 2.24) is 0 Å². The maximum absolute atomic E-state index is 12.3. The predicted octanol–water partition coefficient (Wildman–Crippen LogP) is 4.16. The summed E-state index contributed by atoms with van der Waals surface area (Å²) in [5.74, 6) is 0.00207. The number of carbonyl (C=O) groups is 1. The molecule has 3 rings (SSSR count). The van der Waals surface area contributed by atoms with Gasteiger partial charge in [-0.2, -0.15) is 0 Å². The maximum atomic E-state index is 12.3. The van der Waals surface area contributed by atoms with Crippen LogP contribution in [-0.2, 0) is 17.6 Å². The van der Waals surface area contributed by atoms with Crippen LogP contribution in [0.5, 0.6) is 5.75 Å². The molecule has 0 aromatic heterocycles. The van der Waals surface area contributed by atoms with Crippen LogP contribution < -0.4 is 5.32 Å². The summed E-state index contributed by atoms with van der Waals surface area (Å²) >= 11 is 0. The Morgan fingerprint density at radius 2 is 1.42 bits per heavy atom. The molecular formula is C21H19NO2. The highest BCUT2D eigenvalue weighted by Gasteiger charge is 2.10. The molecule has 3 heteroatoms. The van der Waals surface area contributed by atoms with Crippen molar-refractivity contribution in [1.29, 1.82) is 0 Å². The van der Waals surface area contributed by atoms with Gasteiger partial charge in [-0.25, -0.2) is 0 Å². The molecular weight excluding hydrogens is 298 g/mol. The van der Waals surface area contributed by atoms with Gasteiger partial charge in [0.05, 0.1) is 6.42 Å². The Bertz CT molecular complexity index is 828. The molecule has 3 nitrogen and oxygen atoms in total. The molecule has 0 atom stereocenters. The zero-order valence-corrected chi connectivity index (χ0v) is 13.3. The summed E-state index contributed by atoms with van der Waals surface area (Å²) < 4.78 is 0. The maximum Gasteiger partial charge on any atom is 0.228 e. The summed E-state index contributed by atoms with van der Waals surface area (Å²) in [7, 11) is 0. The minimum atomic E-state index is -0.142. The molecule has 0 heterocycles. The van der Waals surface area contributed by atoms with E-state index in [1.807, 2.05) is 48.5 Å². The van der Waals surface area contributed by atoms with Gasteiger partial charge in [0.1, 0.15) is 5.75 Å². The smallest absolute Gasteiger partial charge is 0.228 e. The third-order valence-corrected chi connectivity index (χ3v) is 3.87. The van der Waals surface area contributed by atoms with Gasteiger partial charge < -0.3 is 10.4 Å². The molecule has 0 saturated carbocycles. The van der Waals surface area contributed by atoms with Crippen LogP contribution in [0, 0.1) is 0 Å². The van der Waals surface area contributed by atoms with Crippen molar-refractivity contribution in [3.63, 3.8) is 0 Å². The largest absolute Gasteiger partial charge is 0.508 e. The number of rotatable bonds is 5. The van der Waals surface area contributed by atoms with Gasteiger partial charge in [-0.15, -0.1) is 0 Å². The lowest BCUT2D eigenvalue weighted by Gasteiger charge is -2.12. The van der Waals surface area contributed by atoms with Gasteiger partial charge in [-0.05, 0) is 29.7 Å². The summed E-state index contributed by atoms with van der Waals surface area (Å²) in [5.41, 5.74) is 3.69. The highest BCUT2D eigenvalue weighted by atomic mass is 16.3. The molecule has 0 spiro atoms. The zero-order valence-electron chi connectivity index (χ0n) is 13.3. The second-order valence-electron chi connectivity index (χ2n) is 5.67. The fraction of sp³-hybridized carbons (Fsp3) is 0.0952. The van der Waals surface area contributed by atoms with Crippen LogP contribution >= 0.6 is 0 Å². The summed E-state index contributed by atoms with van der Waals surface area (Å²) in [6, 6.07) is 24.8. The van der Waals surface area contributed by atoms with Gasteiger partial charge >= 0.3 is 0 Å². The van der Waals surface area contributed by atoms with Crippen molar-refractivity contribution in [3.8, 4) is 5.75 Å². The van der Waals surface area contributed by atoms with E-state index in [1.54, 1.807) is 18.2 Å². The number of hydrogen-bond acceptors (Lipinski definition) is 2. The van der Waals surface area contributed by atoms with E-state index in [-0.39, 0.29) is 18.1 Å². The first kappa shape index (κ1) is 15.8. The van der Waals surface area contributed by atoms with Crippen LogP contribution in [0.2, 0.25) is 0 Å². The van der Waals surface area contributed by atoms with Crippen LogP contribution in [0.3, 0.4) is 0 Å². The SMILES string of the molecule is O=C(Cc1ccccc1O)Nc1ccccc1Cc1ccccc1. The Hall–Kier alpha value is -3.07. The van der Waals surface area contributed by atoms with Crippen molar-refractivity contribution >= 4 is 11.6 Å². The molecule has 2 N–H and O–H groups in total. The molecule has 0 fully saturated rings. The van der Waals surface area contributed by atoms with E-state index in [1.165, 1.54) is 5.56 Å². The Morgan fingerprint density at radius 1 is 0.792 bits per heavy atom. The number of benzene rings is 3. The van der Waals surface area contributed by atoms with Crippen LogP contribution in [0.4, 0.5) is 5.69 Å². The number of hydrogen-bond donors (Lipinski definition) is 2. The number of phenolic OH excluding ortho intramolecular Hbond substituents is 1. The number of anilines is 1. The molecule has 120 valence electrons. The van der Waals surface area contributed by atoms with Crippen LogP contribution in [0.15, 0.2) is 78.9 Å². The van der Waals surface area contributed by atoms with Crippen LogP contribution in [0.1, 0.15) is 16.7 Å². The van der Waals surface area contributed by atoms with Gasteiger partial charge in [0, 0.05) is 11.3 Å². The van der Waals surface area contributed by atoms with E-state index in [2.05, 4.69) is 17.4 Å². The van der Waals surface area contributed by atoms with Gasteiger partial charge in [0.25, 0.3) is 0 Å². The molecule has 0 radical (unpaired) electrons. The molecule has 3 aromatic rings. The van der Waals surface area contributed by atoms with Crippen molar-refractivity contribution in [3.05, 3.63) is 95.6 Å². The summed E-state index contributed by atoms with van der Waals surface area (Å²) in [5, 5.41) is 12.8. The number of nitrogens with one attached hydrogen (secondary N) is 1. The topological polar surface area (TPSA) is 49.3 Å². The molecule has 1 amide bonds. The minimum Gasteiger partial charge on any atom is -0.508 e. The lowest BCUT2D eigenvalue weighted by molar-refractivity contribution is -0.115. The summed E-state index contributed by atoms with van der Waals surface area (Å²) in [6.07, 6.45) is 0.903. The van der Waals surface area contributed by atoms with Crippen molar-refractivity contribution in [2.24, 2.45) is 0 Å². The first-order valence-electron chi connectivity index (χ1n) is 7.91. The standard InChI is InChI=1S/C21H19NO2/c23-20-13-7-5-11-18(20)15-21(24)22-19-12-6-4-10-17(19)14-16-8-2-1-3-9-16/h1-13,23H,14-15H2,(H,22,24). The Labute approximate surface area is 141 Å². The van der Waals surface area contributed by atoms with Crippen molar-refractivity contribution in [2.45, 2.75) is 12.8 Å². The Kier molecular flexibility index (Phi) is 4.92. The zero-order chi connectivity index (χ0) is 16.8. The number of amides is 1. The third kappa shape index (κ3) is 4.02. The number of phenols is 1. The first-order valence-corrected chi connectivity index (χ1v) is 7.91. The lowest BCUT2D eigenvalue weighted by atomic mass is 10.0. The second-order valence-corrected chi connectivity index (χ2v) is 5.67. The van der Waals surface area contributed by atoms with Crippen molar-refractivity contribution < 1.29 is 9.90 Å². The van der Waals surface area contributed by atoms with Crippen LogP contribution in [0.25, 0.3) is 0 Å². The van der Waals surface area contributed by atoms with E-state index in [4.69, 9.17) is 0 Å². The third-order valence-electron chi connectivity index (χ3n) is 3.87. The highest BCUT2D eigenvalue weighted by molar-refractivity contribution is 5.93. The molecule has 0 aliphatic heterocycles. The molecule has 3 aromatic carbocycles. The van der Waals surface area contributed by atoms with E-state index < -0.39 is 0 Å². The first-order chi connectivity index (χ1) is 11.7. The summed E-state index contributed by atoms with van der Waals surface area (Å²) in [4.78, 5) is 12.3. The molecule has 0 bridgehead atoms. The Morgan fingerprint density at radius 3 is 2.17 bits per heavy atom. The number of para-hydroxylation sites is 2. The fourth-order valence-electron chi connectivity index (χ4n) is 2.64. The number of carbonyl (C=O) groups excluding carboxylic acids is 1. The fourth-order valence-corrected chi connectivity index (χ4v) is 2.64. The highest BCUT2D eigenvalue weighted by Crippen LogP contribution is 2.21. The molecule has 0 aliphatic rings. The lowest BCUT2D eigenvalue weighted by Crippen LogP contribution is -2.15. The Balaban J connectivity index is 1.73. The molecule has 0 unspecified atom stereocenters. The van der Waals surface area contributed by atoms with Gasteiger partial charge in [-0.1, -0.05) is 66.7 Å². The van der Waals surface area contributed by atoms with E-state index in [0.29, 0.717) is 5.56 Å². The van der Waals surface area contributed by atoms with Gasteiger partial charge in [0.15, 0.2) is 0 Å². The molecule has 24 heavy (non-hydrogen) atoms. The van der Waals surface area contributed by atoms with Gasteiger partial charge in [-0.3, -0.25) is 4.79 Å². The molecule has 0 saturated heterocycles. The number of aromatic hydroxyl groups is 1. The normalized spacial score (nSPS) is 10.3. The van der Waals surface area contributed by atoms with Crippen molar-refractivity contribution in [2.75, 3.05) is 5.32 Å². The predicted molar refractivity (Wildman–Crippen MR) is 96.1 cm³/mol. The van der Waals surface area contributed by atoms with E-state index in [0.717, 1.165) is 17.7 Å². The second kappa shape index (κ2) is 7.47.